The van der Waals surface area contributed by atoms with Crippen molar-refractivity contribution in [3.8, 4) is 0 Å². The minimum Gasteiger partial charge on any atom is -0.477 e. The zero-order valence-electron chi connectivity index (χ0n) is 22.5. The Morgan fingerprint density at radius 2 is 1.38 bits per heavy atom. The maximum Gasteiger partial charge on any atom is 0.354 e. The van der Waals surface area contributed by atoms with Crippen molar-refractivity contribution in [2.24, 2.45) is 0 Å². The molecule has 3 rings (SSSR count). The van der Waals surface area contributed by atoms with E-state index in [0.717, 1.165) is 17.7 Å². The van der Waals surface area contributed by atoms with Crippen LogP contribution in [0.4, 0.5) is 5.69 Å². The molecule has 0 saturated carbocycles. The van der Waals surface area contributed by atoms with E-state index in [9.17, 15) is 14.7 Å². The maximum absolute atomic E-state index is 11.3. The Hall–Kier alpha value is -3.00. The molecule has 0 spiro atoms. The maximum atomic E-state index is 11.3. The number of nitrogens with one attached hydrogen (secondary N) is 1. The Morgan fingerprint density at radius 1 is 0.846 bits per heavy atom. The Balaban J connectivity index is 1.50. The fourth-order valence-corrected chi connectivity index (χ4v) is 4.00. The van der Waals surface area contributed by atoms with Gasteiger partial charge in [-0.05, 0) is 24.3 Å². The monoisotopic (exact) mass is 545 g/mol. The highest BCUT2D eigenvalue weighted by Gasteiger charge is 2.12. The number of ether oxygens (including phenoxy) is 4. The van der Waals surface area contributed by atoms with Gasteiger partial charge in [0.25, 0.3) is 0 Å². The molecule has 1 fully saturated rings. The van der Waals surface area contributed by atoms with Crippen molar-refractivity contribution in [2.45, 2.75) is 13.1 Å². The molecule has 2 N–H and O–H groups in total. The molecule has 0 unspecified atom stereocenters. The van der Waals surface area contributed by atoms with Crippen molar-refractivity contribution >= 4 is 17.9 Å². The molecule has 2 aromatic heterocycles. The minimum atomic E-state index is -1.04. The van der Waals surface area contributed by atoms with Gasteiger partial charge in [0, 0.05) is 52.0 Å². The van der Waals surface area contributed by atoms with E-state index in [0.29, 0.717) is 104 Å². The lowest BCUT2D eigenvalue weighted by molar-refractivity contribution is 0.00598. The second-order valence-electron chi connectivity index (χ2n) is 8.96. The van der Waals surface area contributed by atoms with Crippen molar-refractivity contribution in [1.82, 2.24) is 19.8 Å². The fraction of sp³-hybridized carbons (Fsp3) is 0.556. The summed E-state index contributed by atoms with van der Waals surface area (Å²) in [6.45, 7) is 7.64. The number of carbonyl (C=O) groups is 2. The lowest BCUT2D eigenvalue weighted by Crippen LogP contribution is -2.33. The zero-order valence-corrected chi connectivity index (χ0v) is 22.5. The molecule has 0 radical (unpaired) electrons. The van der Waals surface area contributed by atoms with Crippen LogP contribution < -0.4 is 5.32 Å². The summed E-state index contributed by atoms with van der Waals surface area (Å²) >= 11 is 0. The Kier molecular flexibility index (Phi) is 13.8. The molecule has 12 heteroatoms. The first-order valence-electron chi connectivity index (χ1n) is 13.2. The predicted octanol–water partition coefficient (Wildman–Crippen LogP) is 1.41. The highest BCUT2D eigenvalue weighted by atomic mass is 16.5. The third-order valence-electron chi connectivity index (χ3n) is 6.06. The highest BCUT2D eigenvalue weighted by Crippen LogP contribution is 2.12. The minimum absolute atomic E-state index is 0.0303. The van der Waals surface area contributed by atoms with Gasteiger partial charge in [0.2, 0.25) is 0 Å². The van der Waals surface area contributed by atoms with Crippen molar-refractivity contribution in [3.05, 3.63) is 53.1 Å². The molecule has 39 heavy (non-hydrogen) atoms. The normalized spacial score (nSPS) is 18.1. The van der Waals surface area contributed by atoms with Crippen LogP contribution in [0.5, 0.6) is 0 Å². The molecule has 0 atom stereocenters. The highest BCUT2D eigenvalue weighted by molar-refractivity contribution is 5.85. The van der Waals surface area contributed by atoms with Gasteiger partial charge in [-0.15, -0.1) is 0 Å². The molecular weight excluding hydrogens is 506 g/mol. The van der Waals surface area contributed by atoms with Gasteiger partial charge in [-0.3, -0.25) is 14.6 Å². The summed E-state index contributed by atoms with van der Waals surface area (Å²) in [6.07, 6.45) is 0.753. The van der Waals surface area contributed by atoms with Crippen molar-refractivity contribution in [2.75, 3.05) is 91.4 Å². The number of carbonyl (C=O) groups excluding carboxylic acids is 1. The van der Waals surface area contributed by atoms with E-state index in [2.05, 4.69) is 25.1 Å². The van der Waals surface area contributed by atoms with Crippen LogP contribution in [0.1, 0.15) is 32.4 Å². The van der Waals surface area contributed by atoms with E-state index in [1.54, 1.807) is 12.1 Å². The number of aromatic nitrogens is 2. The van der Waals surface area contributed by atoms with E-state index in [4.69, 9.17) is 18.9 Å². The van der Waals surface area contributed by atoms with Gasteiger partial charge in [0.15, 0.2) is 6.29 Å². The van der Waals surface area contributed by atoms with Crippen LogP contribution in [-0.2, 0) is 32.0 Å². The molecule has 12 nitrogen and oxygen atoms in total. The summed E-state index contributed by atoms with van der Waals surface area (Å²) in [6, 6.07) is 8.66. The molecule has 1 aliphatic heterocycles. The van der Waals surface area contributed by atoms with Gasteiger partial charge in [0.1, 0.15) is 11.4 Å². The number of carboxylic acids is 1. The number of rotatable bonds is 7. The summed E-state index contributed by atoms with van der Waals surface area (Å²) in [5, 5.41) is 12.3. The molecule has 0 amide bonds. The lowest BCUT2D eigenvalue weighted by atomic mass is 10.2. The van der Waals surface area contributed by atoms with Gasteiger partial charge >= 0.3 is 5.97 Å². The average molecular weight is 546 g/mol. The number of aromatic carboxylic acids is 1. The van der Waals surface area contributed by atoms with Crippen LogP contribution in [0, 0.1) is 0 Å². The Morgan fingerprint density at radius 3 is 1.87 bits per heavy atom. The number of hydrogen-bond donors (Lipinski definition) is 2. The van der Waals surface area contributed by atoms with Crippen molar-refractivity contribution in [1.29, 1.82) is 0 Å². The molecule has 1 aliphatic rings. The predicted molar refractivity (Wildman–Crippen MR) is 144 cm³/mol. The van der Waals surface area contributed by atoms with Crippen LogP contribution in [0.25, 0.3) is 0 Å². The van der Waals surface area contributed by atoms with Crippen molar-refractivity contribution < 1.29 is 33.6 Å². The third kappa shape index (κ3) is 11.7. The average Bonchev–Trinajstić information content (AvgIpc) is 2.94. The topological polar surface area (TPSA) is 136 Å². The Labute approximate surface area is 229 Å². The number of carboxylic acid groups (broad SMARTS) is 1. The van der Waals surface area contributed by atoms with E-state index in [1.807, 2.05) is 19.2 Å². The van der Waals surface area contributed by atoms with Crippen LogP contribution >= 0.6 is 0 Å². The van der Waals surface area contributed by atoms with E-state index >= 15 is 0 Å². The molecule has 0 aromatic carbocycles. The summed E-state index contributed by atoms with van der Waals surface area (Å²) < 4.78 is 23.2. The second-order valence-corrected chi connectivity index (χ2v) is 8.96. The molecular formula is C27H39N5O7. The zero-order chi connectivity index (χ0) is 27.7. The van der Waals surface area contributed by atoms with Gasteiger partial charge in [-0.2, -0.15) is 0 Å². The van der Waals surface area contributed by atoms with E-state index < -0.39 is 5.97 Å². The first-order valence-corrected chi connectivity index (χ1v) is 13.2. The van der Waals surface area contributed by atoms with Gasteiger partial charge < -0.3 is 29.4 Å². The smallest absolute Gasteiger partial charge is 0.354 e. The van der Waals surface area contributed by atoms with Gasteiger partial charge in [-0.1, -0.05) is 6.07 Å². The van der Waals surface area contributed by atoms with E-state index in [1.165, 1.54) is 6.07 Å². The second kappa shape index (κ2) is 17.6. The largest absolute Gasteiger partial charge is 0.477 e. The molecule has 0 bridgehead atoms. The van der Waals surface area contributed by atoms with Crippen LogP contribution in [0.3, 0.4) is 0 Å². The Bertz CT molecular complexity index is 1010. The van der Waals surface area contributed by atoms with E-state index in [-0.39, 0.29) is 5.69 Å². The van der Waals surface area contributed by atoms with Crippen LogP contribution in [0.2, 0.25) is 0 Å². The summed E-state index contributed by atoms with van der Waals surface area (Å²) in [5.74, 6) is -1.04. The third-order valence-corrected chi connectivity index (χ3v) is 6.06. The molecule has 0 aliphatic carbocycles. The number of hydrogen-bond acceptors (Lipinski definition) is 11. The number of nitrogens with zero attached hydrogens (tertiary/aromatic N) is 4. The first-order chi connectivity index (χ1) is 19.1. The lowest BCUT2D eigenvalue weighted by Gasteiger charge is -2.23. The molecule has 3 heterocycles. The van der Waals surface area contributed by atoms with Crippen molar-refractivity contribution in [3.63, 3.8) is 0 Å². The number of pyridine rings is 2. The van der Waals surface area contributed by atoms with Gasteiger partial charge in [0.05, 0.1) is 64.2 Å². The molecule has 2 aromatic rings. The molecule has 1 saturated heterocycles. The first kappa shape index (κ1) is 30.5. The quantitative estimate of drug-likeness (QED) is 0.487. The number of anilines is 1. The number of aldehydes is 1. The molecule has 214 valence electrons. The van der Waals surface area contributed by atoms with Crippen LogP contribution in [0.15, 0.2) is 30.3 Å². The standard InChI is InChI=1S/C27H39N5O7/c1-28-23-17-24(29-25(18-23)21-33)20-32-7-11-38-15-13-36-9-5-31(6-10-37-14-16-39-12-8-32)19-22-3-2-4-26(30-22)27(34)35/h2-4,17-18,21H,5-16,19-20H2,1H3,(H,28,29)(H,34,35). The SMILES string of the molecule is CNc1cc(C=O)nc(CN2CCOCCOCCN(Cc3cccc(C(=O)O)n3)CCOCCOCC2)c1. The van der Waals surface area contributed by atoms with Gasteiger partial charge in [-0.25, -0.2) is 14.8 Å². The van der Waals surface area contributed by atoms with Crippen LogP contribution in [-0.4, -0.2) is 123 Å². The summed E-state index contributed by atoms with van der Waals surface area (Å²) in [5.41, 5.74) is 2.75. The summed E-state index contributed by atoms with van der Waals surface area (Å²) in [7, 11) is 1.81. The summed E-state index contributed by atoms with van der Waals surface area (Å²) in [4.78, 5) is 35.5. The fourth-order valence-electron chi connectivity index (χ4n) is 4.00.